The molecule has 1 rings (SSSR count). The average Bonchev–Trinajstić information content (AvgIpc) is 1.96. The van der Waals surface area contributed by atoms with E-state index < -0.39 is 5.24 Å². The first kappa shape index (κ1) is 10.3. The molecule has 0 fully saturated rings. The Bertz CT molecular complexity index is 338. The Morgan fingerprint density at radius 1 is 1.25 bits per heavy atom. The lowest BCUT2D eigenvalue weighted by atomic mass is 10.2. The molecule has 12 heavy (non-hydrogen) atoms. The number of carbonyl (C=O) groups is 1. The van der Waals surface area contributed by atoms with Crippen LogP contribution in [0.2, 0.25) is 10.0 Å². The topological polar surface area (TPSA) is 17.1 Å². The molecule has 0 atom stereocenters. The molecule has 0 aliphatic carbocycles. The molecule has 1 nitrogen and oxygen atoms in total. The van der Waals surface area contributed by atoms with Crippen LogP contribution in [0.1, 0.15) is 10.4 Å². The maximum absolute atomic E-state index is 10.7. The van der Waals surface area contributed by atoms with Crippen LogP contribution in [0.25, 0.3) is 0 Å². The lowest BCUT2D eigenvalue weighted by molar-refractivity contribution is 0.108. The van der Waals surface area contributed by atoms with Crippen molar-refractivity contribution >= 4 is 56.0 Å². The highest BCUT2D eigenvalue weighted by Gasteiger charge is 2.10. The molecule has 0 aromatic heterocycles. The Balaban J connectivity index is 3.33. The average molecular weight is 288 g/mol. The molecule has 0 saturated carbocycles. The Morgan fingerprint density at radius 3 is 2.33 bits per heavy atom. The van der Waals surface area contributed by atoms with Crippen molar-refractivity contribution in [3.05, 3.63) is 32.2 Å². The zero-order valence-corrected chi connectivity index (χ0v) is 9.43. The zero-order valence-electron chi connectivity index (χ0n) is 5.57. The normalized spacial score (nSPS) is 10.0. The summed E-state index contributed by atoms with van der Waals surface area (Å²) < 4.78 is 0.595. The summed E-state index contributed by atoms with van der Waals surface area (Å²) in [5, 5.41) is 0.0993. The van der Waals surface area contributed by atoms with Gasteiger partial charge in [0.25, 0.3) is 5.24 Å². The highest BCUT2D eigenvalue weighted by atomic mass is 79.9. The Morgan fingerprint density at radius 2 is 1.83 bits per heavy atom. The first-order chi connectivity index (χ1) is 5.52. The van der Waals surface area contributed by atoms with Crippen LogP contribution >= 0.6 is 50.7 Å². The Labute approximate surface area is 92.7 Å². The summed E-state index contributed by atoms with van der Waals surface area (Å²) in [5.41, 5.74) is 0.245. The number of hydrogen-bond acceptors (Lipinski definition) is 1. The van der Waals surface area contributed by atoms with Crippen molar-refractivity contribution in [2.45, 2.75) is 0 Å². The predicted octanol–water partition coefficient (Wildman–Crippen LogP) is 4.13. The van der Waals surface area contributed by atoms with Gasteiger partial charge in [0.1, 0.15) is 0 Å². The molecule has 0 heterocycles. The molecule has 0 unspecified atom stereocenters. The van der Waals surface area contributed by atoms with E-state index in [1.807, 2.05) is 0 Å². The first-order valence-electron chi connectivity index (χ1n) is 2.86. The van der Waals surface area contributed by atoms with E-state index in [4.69, 9.17) is 34.8 Å². The SMILES string of the molecule is O=C(Cl)c1cc(Br)c(Cl)cc1Cl. The van der Waals surface area contributed by atoms with Crippen LogP contribution in [0, 0.1) is 0 Å². The van der Waals surface area contributed by atoms with Crippen molar-refractivity contribution in [3.63, 3.8) is 0 Å². The van der Waals surface area contributed by atoms with Gasteiger partial charge in [-0.15, -0.1) is 0 Å². The molecule has 0 aliphatic heterocycles. The smallest absolute Gasteiger partial charge is 0.253 e. The fourth-order valence-corrected chi connectivity index (χ4v) is 1.69. The van der Waals surface area contributed by atoms with Crippen LogP contribution in [0.4, 0.5) is 0 Å². The summed E-state index contributed by atoms with van der Waals surface area (Å²) in [6.45, 7) is 0. The monoisotopic (exact) mass is 286 g/mol. The van der Waals surface area contributed by atoms with Gasteiger partial charge >= 0.3 is 0 Å². The second-order valence-corrected chi connectivity index (χ2v) is 4.03. The van der Waals surface area contributed by atoms with Gasteiger partial charge in [-0.3, -0.25) is 4.79 Å². The van der Waals surface area contributed by atoms with Crippen LogP contribution in [0.15, 0.2) is 16.6 Å². The number of hydrogen-bond donors (Lipinski definition) is 0. The van der Waals surface area contributed by atoms with Gasteiger partial charge < -0.3 is 0 Å². The predicted molar refractivity (Wildman–Crippen MR) is 54.3 cm³/mol. The highest BCUT2D eigenvalue weighted by molar-refractivity contribution is 9.10. The van der Waals surface area contributed by atoms with Gasteiger partial charge in [-0.05, 0) is 39.7 Å². The molecule has 0 radical (unpaired) electrons. The zero-order chi connectivity index (χ0) is 9.30. The molecule has 0 bridgehead atoms. The molecule has 0 aliphatic rings. The lowest BCUT2D eigenvalue weighted by Crippen LogP contribution is -1.90. The van der Waals surface area contributed by atoms with E-state index in [0.717, 1.165) is 0 Å². The standard InChI is InChI=1S/C7H2BrCl3O/c8-4-1-3(7(11)12)5(9)2-6(4)10/h1-2H. The maximum Gasteiger partial charge on any atom is 0.253 e. The second-order valence-electron chi connectivity index (χ2n) is 2.02. The van der Waals surface area contributed by atoms with Crippen molar-refractivity contribution in [2.75, 3.05) is 0 Å². The summed E-state index contributed by atoms with van der Waals surface area (Å²) in [4.78, 5) is 10.7. The quantitative estimate of drug-likeness (QED) is 0.561. The van der Waals surface area contributed by atoms with E-state index in [1.165, 1.54) is 12.1 Å². The van der Waals surface area contributed by atoms with E-state index in [0.29, 0.717) is 9.50 Å². The summed E-state index contributed by atoms with van der Waals surface area (Å²) in [5.74, 6) is 0. The van der Waals surface area contributed by atoms with Crippen LogP contribution < -0.4 is 0 Å². The van der Waals surface area contributed by atoms with Gasteiger partial charge in [0.2, 0.25) is 0 Å². The summed E-state index contributed by atoms with van der Waals surface area (Å²) >= 11 is 19.8. The van der Waals surface area contributed by atoms with Gasteiger partial charge in [0.05, 0.1) is 15.6 Å². The third kappa shape index (κ3) is 2.13. The summed E-state index contributed by atoms with van der Waals surface area (Å²) in [7, 11) is 0. The minimum Gasteiger partial charge on any atom is -0.276 e. The molecule has 64 valence electrons. The fourth-order valence-electron chi connectivity index (χ4n) is 0.673. The largest absolute Gasteiger partial charge is 0.276 e. The van der Waals surface area contributed by atoms with E-state index in [2.05, 4.69) is 15.9 Å². The van der Waals surface area contributed by atoms with Crippen molar-refractivity contribution < 1.29 is 4.79 Å². The number of rotatable bonds is 1. The van der Waals surface area contributed by atoms with Gasteiger partial charge in [0, 0.05) is 4.47 Å². The Kier molecular flexibility index (Phi) is 3.41. The van der Waals surface area contributed by atoms with Crippen LogP contribution in [-0.2, 0) is 0 Å². The molecule has 1 aromatic carbocycles. The van der Waals surface area contributed by atoms with E-state index >= 15 is 0 Å². The van der Waals surface area contributed by atoms with E-state index in [9.17, 15) is 4.79 Å². The van der Waals surface area contributed by atoms with Crippen molar-refractivity contribution in [1.29, 1.82) is 0 Å². The molecule has 0 spiro atoms. The second kappa shape index (κ2) is 3.97. The van der Waals surface area contributed by atoms with Crippen molar-refractivity contribution in [2.24, 2.45) is 0 Å². The maximum atomic E-state index is 10.7. The number of halogens is 4. The molecule has 1 aromatic rings. The van der Waals surface area contributed by atoms with Gasteiger partial charge in [-0.25, -0.2) is 0 Å². The van der Waals surface area contributed by atoms with Gasteiger partial charge in [-0.2, -0.15) is 0 Å². The third-order valence-electron chi connectivity index (χ3n) is 1.22. The summed E-state index contributed by atoms with van der Waals surface area (Å²) in [6, 6.07) is 2.95. The van der Waals surface area contributed by atoms with Crippen LogP contribution in [-0.4, -0.2) is 5.24 Å². The van der Waals surface area contributed by atoms with Gasteiger partial charge in [-0.1, -0.05) is 23.2 Å². The number of carbonyl (C=O) groups excluding carboxylic acids is 1. The minimum atomic E-state index is -0.600. The molecular formula is C7H2BrCl3O. The van der Waals surface area contributed by atoms with Crippen molar-refractivity contribution in [3.8, 4) is 0 Å². The van der Waals surface area contributed by atoms with Crippen LogP contribution in [0.5, 0.6) is 0 Å². The molecule has 0 N–H and O–H groups in total. The summed E-state index contributed by atoms with van der Waals surface area (Å²) in [6.07, 6.45) is 0. The first-order valence-corrected chi connectivity index (χ1v) is 4.79. The lowest BCUT2D eigenvalue weighted by Gasteiger charge is -2.00. The van der Waals surface area contributed by atoms with E-state index in [1.54, 1.807) is 0 Å². The molecular weight excluding hydrogens is 286 g/mol. The van der Waals surface area contributed by atoms with E-state index in [-0.39, 0.29) is 10.6 Å². The Hall–Kier alpha value is 0.240. The molecule has 5 heteroatoms. The third-order valence-corrected chi connectivity index (χ3v) is 2.94. The van der Waals surface area contributed by atoms with Crippen molar-refractivity contribution in [1.82, 2.24) is 0 Å². The number of benzene rings is 1. The minimum absolute atomic E-state index is 0.245. The molecule has 0 amide bonds. The molecule has 0 saturated heterocycles. The highest BCUT2D eigenvalue weighted by Crippen LogP contribution is 2.29. The van der Waals surface area contributed by atoms with Crippen LogP contribution in [0.3, 0.4) is 0 Å². The fraction of sp³-hybridized carbons (Fsp3) is 0. The van der Waals surface area contributed by atoms with Gasteiger partial charge in [0.15, 0.2) is 0 Å².